The normalized spacial score (nSPS) is 15.0. The molecule has 0 saturated carbocycles. The fourth-order valence-electron chi connectivity index (χ4n) is 1.31. The summed E-state index contributed by atoms with van der Waals surface area (Å²) in [5.41, 5.74) is 2.27. The smallest absolute Gasteiger partial charge is 0.0811 e. The number of pyridine rings is 1. The van der Waals surface area contributed by atoms with E-state index in [9.17, 15) is 0 Å². The minimum Gasteiger partial charge on any atom is -0.287 e. The molecule has 0 radical (unpaired) electrons. The van der Waals surface area contributed by atoms with E-state index in [1.165, 1.54) is 5.57 Å². The van der Waals surface area contributed by atoms with Gasteiger partial charge in [-0.05, 0) is 24.1 Å². The quantitative estimate of drug-likeness (QED) is 0.663. The molecule has 0 fully saturated rings. The first-order valence-corrected chi connectivity index (χ1v) is 4.70. The van der Waals surface area contributed by atoms with Gasteiger partial charge in [0.2, 0.25) is 0 Å². The van der Waals surface area contributed by atoms with Crippen LogP contribution in [0.5, 0.6) is 0 Å². The minimum absolute atomic E-state index is 0.665. The van der Waals surface area contributed by atoms with Crippen LogP contribution in [0.15, 0.2) is 53.2 Å². The van der Waals surface area contributed by atoms with E-state index in [1.54, 1.807) is 6.20 Å². The Kier molecular flexibility index (Phi) is 2.86. The van der Waals surface area contributed by atoms with Gasteiger partial charge < -0.3 is 0 Å². The molecule has 0 atom stereocenters. The van der Waals surface area contributed by atoms with Gasteiger partial charge in [-0.2, -0.15) is 0 Å². The standard InChI is InChI=1S/C12H12N2/c1-2-6-11(5-1)9-13-10-12-7-3-4-8-14-12/h1-5,7-9H,6,10H2/b13-9+. The van der Waals surface area contributed by atoms with E-state index in [0.29, 0.717) is 6.54 Å². The van der Waals surface area contributed by atoms with Crippen LogP contribution in [0.4, 0.5) is 0 Å². The molecule has 0 aromatic carbocycles. The Morgan fingerprint density at radius 3 is 3.14 bits per heavy atom. The van der Waals surface area contributed by atoms with Crippen molar-refractivity contribution in [2.24, 2.45) is 4.99 Å². The summed E-state index contributed by atoms with van der Waals surface area (Å²) in [5, 5.41) is 0. The van der Waals surface area contributed by atoms with Gasteiger partial charge in [-0.15, -0.1) is 0 Å². The molecular formula is C12H12N2. The summed E-state index contributed by atoms with van der Waals surface area (Å²) in [6, 6.07) is 5.88. The van der Waals surface area contributed by atoms with Gasteiger partial charge >= 0.3 is 0 Å². The number of aromatic nitrogens is 1. The van der Waals surface area contributed by atoms with Crippen LogP contribution >= 0.6 is 0 Å². The monoisotopic (exact) mass is 184 g/mol. The maximum Gasteiger partial charge on any atom is 0.0811 e. The van der Waals surface area contributed by atoms with Gasteiger partial charge in [0.05, 0.1) is 12.2 Å². The number of hydrogen-bond donors (Lipinski definition) is 0. The SMILES string of the molecule is C1=CCC(/C=N/Cc2ccccn2)=C1. The molecule has 0 N–H and O–H groups in total. The van der Waals surface area contributed by atoms with E-state index in [4.69, 9.17) is 0 Å². The second-order valence-corrected chi connectivity index (χ2v) is 3.16. The Balaban J connectivity index is 1.88. The van der Waals surface area contributed by atoms with Crippen molar-refractivity contribution in [3.05, 3.63) is 53.9 Å². The summed E-state index contributed by atoms with van der Waals surface area (Å²) >= 11 is 0. The first-order valence-electron chi connectivity index (χ1n) is 4.70. The number of hydrogen-bond acceptors (Lipinski definition) is 2. The third-order valence-corrected chi connectivity index (χ3v) is 2.04. The fraction of sp³-hybridized carbons (Fsp3) is 0.167. The molecule has 1 aliphatic carbocycles. The third-order valence-electron chi connectivity index (χ3n) is 2.04. The summed E-state index contributed by atoms with van der Waals surface area (Å²) in [4.78, 5) is 8.52. The average molecular weight is 184 g/mol. The zero-order valence-electron chi connectivity index (χ0n) is 7.93. The average Bonchev–Trinajstić information content (AvgIpc) is 2.72. The van der Waals surface area contributed by atoms with Crippen molar-refractivity contribution in [2.45, 2.75) is 13.0 Å². The van der Waals surface area contributed by atoms with Gasteiger partial charge in [0.25, 0.3) is 0 Å². The third kappa shape index (κ3) is 2.39. The highest BCUT2D eigenvalue weighted by Crippen LogP contribution is 2.07. The van der Waals surface area contributed by atoms with Crippen LogP contribution in [0.25, 0.3) is 0 Å². The van der Waals surface area contributed by atoms with E-state index in [0.717, 1.165) is 12.1 Å². The predicted octanol–water partition coefficient (Wildman–Crippen LogP) is 2.54. The van der Waals surface area contributed by atoms with Crippen LogP contribution in [0.1, 0.15) is 12.1 Å². The van der Waals surface area contributed by atoms with E-state index < -0.39 is 0 Å². The molecule has 1 aromatic heterocycles. The molecule has 1 aromatic rings. The largest absolute Gasteiger partial charge is 0.287 e. The van der Waals surface area contributed by atoms with Crippen molar-refractivity contribution < 1.29 is 0 Å². The van der Waals surface area contributed by atoms with Crippen molar-refractivity contribution in [1.29, 1.82) is 0 Å². The van der Waals surface area contributed by atoms with Crippen molar-refractivity contribution in [1.82, 2.24) is 4.98 Å². The molecule has 0 spiro atoms. The molecular weight excluding hydrogens is 172 g/mol. The van der Waals surface area contributed by atoms with Crippen LogP contribution in [0, 0.1) is 0 Å². The Bertz CT molecular complexity index is 375. The van der Waals surface area contributed by atoms with E-state index in [1.807, 2.05) is 24.4 Å². The first kappa shape index (κ1) is 8.88. The lowest BCUT2D eigenvalue weighted by atomic mass is 10.2. The molecule has 0 bridgehead atoms. The molecule has 2 nitrogen and oxygen atoms in total. The lowest BCUT2D eigenvalue weighted by Crippen LogP contribution is -1.87. The van der Waals surface area contributed by atoms with Gasteiger partial charge in [-0.25, -0.2) is 0 Å². The van der Waals surface area contributed by atoms with Gasteiger partial charge in [0.1, 0.15) is 0 Å². The molecule has 1 aliphatic rings. The van der Waals surface area contributed by atoms with Crippen LogP contribution in [0.2, 0.25) is 0 Å². The highest BCUT2D eigenvalue weighted by Gasteiger charge is 1.94. The zero-order chi connectivity index (χ0) is 9.64. The van der Waals surface area contributed by atoms with E-state index in [-0.39, 0.29) is 0 Å². The van der Waals surface area contributed by atoms with Crippen LogP contribution in [0.3, 0.4) is 0 Å². The number of nitrogens with zero attached hydrogens (tertiary/aromatic N) is 2. The summed E-state index contributed by atoms with van der Waals surface area (Å²) in [6.07, 6.45) is 11.0. The van der Waals surface area contributed by atoms with Crippen molar-refractivity contribution in [3.8, 4) is 0 Å². The Labute approximate surface area is 83.7 Å². The molecule has 0 unspecified atom stereocenters. The van der Waals surface area contributed by atoms with Crippen molar-refractivity contribution in [2.75, 3.05) is 0 Å². The number of aliphatic imine (C=N–C) groups is 1. The van der Waals surface area contributed by atoms with Crippen molar-refractivity contribution in [3.63, 3.8) is 0 Å². The van der Waals surface area contributed by atoms with Gasteiger partial charge in [-0.3, -0.25) is 9.98 Å². The maximum absolute atomic E-state index is 4.33. The second kappa shape index (κ2) is 4.51. The number of rotatable bonds is 3. The topological polar surface area (TPSA) is 25.2 Å². The molecule has 2 heteroatoms. The fourth-order valence-corrected chi connectivity index (χ4v) is 1.31. The highest BCUT2D eigenvalue weighted by atomic mass is 14.8. The molecule has 70 valence electrons. The molecule has 0 amide bonds. The molecule has 14 heavy (non-hydrogen) atoms. The van der Waals surface area contributed by atoms with Crippen LogP contribution < -0.4 is 0 Å². The van der Waals surface area contributed by atoms with E-state index >= 15 is 0 Å². The van der Waals surface area contributed by atoms with Gasteiger partial charge in [-0.1, -0.05) is 24.3 Å². The molecule has 0 saturated heterocycles. The van der Waals surface area contributed by atoms with Gasteiger partial charge in [0, 0.05) is 12.4 Å². The predicted molar refractivity (Wildman–Crippen MR) is 58.3 cm³/mol. The second-order valence-electron chi connectivity index (χ2n) is 3.16. The molecule has 2 rings (SSSR count). The summed E-state index contributed by atoms with van der Waals surface area (Å²) in [7, 11) is 0. The number of allylic oxidation sites excluding steroid dienone is 4. The Morgan fingerprint density at radius 1 is 1.43 bits per heavy atom. The van der Waals surface area contributed by atoms with Crippen LogP contribution in [-0.2, 0) is 6.54 Å². The summed E-state index contributed by atoms with van der Waals surface area (Å²) in [5.74, 6) is 0. The maximum atomic E-state index is 4.33. The lowest BCUT2D eigenvalue weighted by molar-refractivity contribution is 0.994. The highest BCUT2D eigenvalue weighted by molar-refractivity contribution is 5.80. The van der Waals surface area contributed by atoms with Crippen LogP contribution in [-0.4, -0.2) is 11.2 Å². The van der Waals surface area contributed by atoms with E-state index in [2.05, 4.69) is 28.2 Å². The summed E-state index contributed by atoms with van der Waals surface area (Å²) < 4.78 is 0. The Morgan fingerprint density at radius 2 is 2.43 bits per heavy atom. The van der Waals surface area contributed by atoms with Gasteiger partial charge in [0.15, 0.2) is 0 Å². The Hall–Kier alpha value is -1.70. The zero-order valence-corrected chi connectivity index (χ0v) is 7.93. The lowest BCUT2D eigenvalue weighted by Gasteiger charge is -1.94. The minimum atomic E-state index is 0.665. The first-order chi connectivity index (χ1) is 6.95. The summed E-state index contributed by atoms with van der Waals surface area (Å²) in [6.45, 7) is 0.665. The molecule has 1 heterocycles. The van der Waals surface area contributed by atoms with Crippen molar-refractivity contribution >= 4 is 6.21 Å². The molecule has 0 aliphatic heterocycles.